The Hall–Kier alpha value is -1.02. The average Bonchev–Trinajstić information content (AvgIpc) is 2.42. The molecule has 0 unspecified atom stereocenters. The second kappa shape index (κ2) is 5.77. The highest BCUT2D eigenvalue weighted by Gasteiger charge is 2.27. The first-order valence-electron chi connectivity index (χ1n) is 7.98. The normalized spacial score (nSPS) is 27.4. The van der Waals surface area contributed by atoms with Crippen LogP contribution in [-0.2, 0) is 5.41 Å². The van der Waals surface area contributed by atoms with Crippen LogP contribution in [0.25, 0.3) is 0 Å². The van der Waals surface area contributed by atoms with Crippen LogP contribution in [-0.4, -0.2) is 11.6 Å². The van der Waals surface area contributed by atoms with Gasteiger partial charge in [0.25, 0.3) is 0 Å². The second-order valence-corrected chi connectivity index (χ2v) is 7.39. The Morgan fingerprint density at radius 2 is 1.75 bits per heavy atom. The van der Waals surface area contributed by atoms with E-state index in [0.29, 0.717) is 6.04 Å². The van der Waals surface area contributed by atoms with Crippen molar-refractivity contribution < 1.29 is 0 Å². The summed E-state index contributed by atoms with van der Waals surface area (Å²) in [4.78, 5) is 0. The summed E-state index contributed by atoms with van der Waals surface area (Å²) in [5.41, 5.74) is 9.17. The van der Waals surface area contributed by atoms with Crippen LogP contribution in [0, 0.1) is 0 Å². The van der Waals surface area contributed by atoms with Gasteiger partial charge in [-0.1, -0.05) is 32.9 Å². The summed E-state index contributed by atoms with van der Waals surface area (Å²) in [6, 6.07) is 9.56. The van der Waals surface area contributed by atoms with Gasteiger partial charge in [-0.3, -0.25) is 0 Å². The lowest BCUT2D eigenvalue weighted by Gasteiger charge is -2.35. The van der Waals surface area contributed by atoms with Crippen LogP contribution in [0.5, 0.6) is 0 Å². The van der Waals surface area contributed by atoms with Crippen molar-refractivity contribution in [2.75, 3.05) is 5.32 Å². The number of anilines is 1. The number of rotatable bonds is 4. The molecule has 0 spiro atoms. The zero-order chi connectivity index (χ0) is 14.8. The van der Waals surface area contributed by atoms with E-state index in [1.807, 2.05) is 0 Å². The number of benzene rings is 1. The number of hydrogen-bond acceptors (Lipinski definition) is 2. The highest BCUT2D eigenvalue weighted by molar-refractivity contribution is 5.46. The summed E-state index contributed by atoms with van der Waals surface area (Å²) in [5.74, 6) is 0. The summed E-state index contributed by atoms with van der Waals surface area (Å²) < 4.78 is 0. The molecular formula is C18H30N2. The van der Waals surface area contributed by atoms with E-state index in [-0.39, 0.29) is 11.0 Å². The maximum absolute atomic E-state index is 6.19. The van der Waals surface area contributed by atoms with Gasteiger partial charge in [0, 0.05) is 17.3 Å². The third-order valence-electron chi connectivity index (χ3n) is 5.05. The molecule has 1 aromatic rings. The first-order chi connectivity index (χ1) is 9.32. The summed E-state index contributed by atoms with van der Waals surface area (Å²) in [7, 11) is 0. The van der Waals surface area contributed by atoms with Crippen LogP contribution >= 0.6 is 0 Å². The Morgan fingerprint density at radius 3 is 2.25 bits per heavy atom. The summed E-state index contributed by atoms with van der Waals surface area (Å²) >= 11 is 0. The molecule has 2 nitrogen and oxygen atoms in total. The molecule has 1 fully saturated rings. The average molecular weight is 274 g/mol. The van der Waals surface area contributed by atoms with Gasteiger partial charge in [0.2, 0.25) is 0 Å². The van der Waals surface area contributed by atoms with Gasteiger partial charge in [0.1, 0.15) is 0 Å². The number of nitrogens with two attached hydrogens (primary N) is 1. The van der Waals surface area contributed by atoms with Crippen LogP contribution in [0.1, 0.15) is 65.4 Å². The quantitative estimate of drug-likeness (QED) is 0.851. The monoisotopic (exact) mass is 274 g/mol. The van der Waals surface area contributed by atoms with Crippen LogP contribution in [0.4, 0.5) is 5.69 Å². The fraction of sp³-hybridized carbons (Fsp3) is 0.667. The standard InChI is InChI=1S/C18H30N2/c1-5-17(2,3)14-6-8-15(9-7-14)20-16-10-12-18(4,19)13-11-16/h6-9,16,20H,5,10-13,19H2,1-4H3. The molecular weight excluding hydrogens is 244 g/mol. The van der Waals surface area contributed by atoms with Crippen LogP contribution in [0.15, 0.2) is 24.3 Å². The van der Waals surface area contributed by atoms with Crippen molar-refractivity contribution in [1.29, 1.82) is 0 Å². The molecule has 0 aliphatic heterocycles. The highest BCUT2D eigenvalue weighted by Crippen LogP contribution is 2.30. The summed E-state index contributed by atoms with van der Waals surface area (Å²) in [6.45, 7) is 9.03. The van der Waals surface area contributed by atoms with Crippen molar-refractivity contribution in [2.45, 2.75) is 76.8 Å². The molecule has 1 aliphatic rings. The molecule has 0 bridgehead atoms. The summed E-state index contributed by atoms with van der Waals surface area (Å²) in [5, 5.41) is 3.66. The Kier molecular flexibility index (Phi) is 4.43. The lowest BCUT2D eigenvalue weighted by molar-refractivity contribution is 0.305. The molecule has 0 aromatic heterocycles. The van der Waals surface area contributed by atoms with E-state index in [9.17, 15) is 0 Å². The molecule has 0 heterocycles. The Morgan fingerprint density at radius 1 is 1.20 bits per heavy atom. The van der Waals surface area contributed by atoms with Gasteiger partial charge in [-0.25, -0.2) is 0 Å². The molecule has 0 saturated heterocycles. The van der Waals surface area contributed by atoms with Gasteiger partial charge in [-0.2, -0.15) is 0 Å². The third-order valence-corrected chi connectivity index (χ3v) is 5.05. The maximum atomic E-state index is 6.19. The molecule has 2 rings (SSSR count). The molecule has 3 N–H and O–H groups in total. The first-order valence-corrected chi connectivity index (χ1v) is 7.98. The topological polar surface area (TPSA) is 38.0 Å². The summed E-state index contributed by atoms with van der Waals surface area (Å²) in [6.07, 6.45) is 5.75. The predicted molar refractivity (Wildman–Crippen MR) is 88.2 cm³/mol. The van der Waals surface area contributed by atoms with E-state index in [1.165, 1.54) is 24.1 Å². The van der Waals surface area contributed by atoms with Gasteiger partial charge in [-0.05, 0) is 62.1 Å². The Balaban J connectivity index is 1.95. The van der Waals surface area contributed by atoms with E-state index in [4.69, 9.17) is 5.73 Å². The highest BCUT2D eigenvalue weighted by atomic mass is 14.9. The van der Waals surface area contributed by atoms with Gasteiger partial charge >= 0.3 is 0 Å². The van der Waals surface area contributed by atoms with E-state index < -0.39 is 0 Å². The molecule has 1 saturated carbocycles. The van der Waals surface area contributed by atoms with Crippen LogP contribution in [0.2, 0.25) is 0 Å². The van der Waals surface area contributed by atoms with E-state index in [2.05, 4.69) is 57.3 Å². The van der Waals surface area contributed by atoms with E-state index in [0.717, 1.165) is 19.3 Å². The zero-order valence-corrected chi connectivity index (χ0v) is 13.5. The molecule has 0 radical (unpaired) electrons. The minimum Gasteiger partial charge on any atom is -0.382 e. The molecule has 0 amide bonds. The Labute approximate surface area is 124 Å². The second-order valence-electron chi connectivity index (χ2n) is 7.39. The van der Waals surface area contributed by atoms with Crippen molar-refractivity contribution in [3.05, 3.63) is 29.8 Å². The molecule has 20 heavy (non-hydrogen) atoms. The minimum absolute atomic E-state index is 0.0488. The SMILES string of the molecule is CCC(C)(C)c1ccc(NC2CCC(C)(N)CC2)cc1. The molecule has 112 valence electrons. The van der Waals surface area contributed by atoms with Crippen molar-refractivity contribution in [1.82, 2.24) is 0 Å². The van der Waals surface area contributed by atoms with E-state index in [1.54, 1.807) is 0 Å². The largest absolute Gasteiger partial charge is 0.382 e. The van der Waals surface area contributed by atoms with Crippen molar-refractivity contribution >= 4 is 5.69 Å². The van der Waals surface area contributed by atoms with Gasteiger partial charge < -0.3 is 11.1 Å². The van der Waals surface area contributed by atoms with Crippen LogP contribution < -0.4 is 11.1 Å². The Bertz CT molecular complexity index is 421. The van der Waals surface area contributed by atoms with Gasteiger partial charge in [0.05, 0.1) is 0 Å². The fourth-order valence-electron chi connectivity index (χ4n) is 2.88. The fourth-order valence-corrected chi connectivity index (χ4v) is 2.88. The molecule has 2 heteroatoms. The van der Waals surface area contributed by atoms with Crippen LogP contribution in [0.3, 0.4) is 0 Å². The van der Waals surface area contributed by atoms with Crippen molar-refractivity contribution in [2.24, 2.45) is 5.73 Å². The molecule has 1 aromatic carbocycles. The molecule has 0 atom stereocenters. The van der Waals surface area contributed by atoms with Crippen molar-refractivity contribution in [3.63, 3.8) is 0 Å². The van der Waals surface area contributed by atoms with E-state index >= 15 is 0 Å². The minimum atomic E-state index is 0.0488. The zero-order valence-electron chi connectivity index (χ0n) is 13.5. The number of nitrogens with one attached hydrogen (secondary N) is 1. The van der Waals surface area contributed by atoms with Crippen molar-refractivity contribution in [3.8, 4) is 0 Å². The smallest absolute Gasteiger partial charge is 0.0342 e. The lowest BCUT2D eigenvalue weighted by atomic mass is 9.81. The first kappa shape index (κ1) is 15.4. The maximum Gasteiger partial charge on any atom is 0.0342 e. The predicted octanol–water partition coefficient (Wildman–Crippen LogP) is 4.45. The van der Waals surface area contributed by atoms with Gasteiger partial charge in [0.15, 0.2) is 0 Å². The lowest BCUT2D eigenvalue weighted by Crippen LogP contribution is -2.42. The third kappa shape index (κ3) is 3.76. The van der Waals surface area contributed by atoms with Gasteiger partial charge in [-0.15, -0.1) is 0 Å². The molecule has 1 aliphatic carbocycles. The number of hydrogen-bond donors (Lipinski definition) is 2.